The van der Waals surface area contributed by atoms with Crippen molar-refractivity contribution in [3.8, 4) is 6.07 Å². The van der Waals surface area contributed by atoms with Gasteiger partial charge in [-0.15, -0.1) is 0 Å². The van der Waals surface area contributed by atoms with Crippen molar-refractivity contribution >= 4 is 17.4 Å². The number of carbonyl (C=O) groups is 1. The van der Waals surface area contributed by atoms with Crippen molar-refractivity contribution in [1.82, 2.24) is 4.98 Å². The fourth-order valence-corrected chi connectivity index (χ4v) is 1.64. The lowest BCUT2D eigenvalue weighted by molar-refractivity contribution is 0.0992. The predicted octanol–water partition coefficient (Wildman–Crippen LogP) is 3.03. The summed E-state index contributed by atoms with van der Waals surface area (Å²) in [6.45, 7) is 0. The summed E-state index contributed by atoms with van der Waals surface area (Å²) in [6.07, 6.45) is 1.72. The van der Waals surface area contributed by atoms with Gasteiger partial charge in [0.05, 0.1) is 0 Å². The zero-order valence-electron chi connectivity index (χ0n) is 9.43. The average molecular weight is 257 g/mol. The molecule has 0 aliphatic rings. The van der Waals surface area contributed by atoms with Crippen molar-refractivity contribution in [1.29, 1.82) is 5.26 Å². The van der Waals surface area contributed by atoms with E-state index < -0.39 is 0 Å². The van der Waals surface area contributed by atoms with Crippen LogP contribution in [0.1, 0.15) is 21.6 Å². The number of rotatable bonds is 3. The first kappa shape index (κ1) is 12.3. The minimum absolute atomic E-state index is 0.0330. The maximum Gasteiger partial charge on any atom is 0.168 e. The van der Waals surface area contributed by atoms with Crippen LogP contribution in [0.4, 0.5) is 0 Å². The second-order valence-electron chi connectivity index (χ2n) is 3.77. The second kappa shape index (κ2) is 5.44. The third-order valence-corrected chi connectivity index (χ3v) is 2.73. The third kappa shape index (κ3) is 2.93. The van der Waals surface area contributed by atoms with E-state index in [0.29, 0.717) is 22.7 Å². The number of pyridine rings is 1. The highest BCUT2D eigenvalue weighted by Crippen LogP contribution is 2.12. The molecule has 0 aliphatic carbocycles. The highest BCUT2D eigenvalue weighted by Gasteiger charge is 2.07. The van der Waals surface area contributed by atoms with Crippen LogP contribution in [0.3, 0.4) is 0 Å². The van der Waals surface area contributed by atoms with E-state index in [-0.39, 0.29) is 5.78 Å². The number of nitrogens with zero attached hydrogens (tertiary/aromatic N) is 2. The van der Waals surface area contributed by atoms with Crippen LogP contribution in [0.25, 0.3) is 0 Å². The molecule has 88 valence electrons. The van der Waals surface area contributed by atoms with Crippen molar-refractivity contribution in [2.45, 2.75) is 6.42 Å². The van der Waals surface area contributed by atoms with Crippen LogP contribution in [-0.2, 0) is 6.42 Å². The van der Waals surface area contributed by atoms with Gasteiger partial charge < -0.3 is 0 Å². The summed E-state index contributed by atoms with van der Waals surface area (Å²) in [5.41, 5.74) is 1.70. The van der Waals surface area contributed by atoms with Crippen molar-refractivity contribution < 1.29 is 4.79 Å². The first-order valence-electron chi connectivity index (χ1n) is 5.33. The zero-order chi connectivity index (χ0) is 13.0. The number of Topliss-reactive ketones (excluding diaryl/α,β-unsaturated/α-hetero) is 1. The molecule has 0 atom stereocenters. The molecule has 2 aromatic rings. The Balaban J connectivity index is 2.12. The van der Waals surface area contributed by atoms with E-state index in [0.717, 1.165) is 5.56 Å². The quantitative estimate of drug-likeness (QED) is 0.793. The molecule has 2 rings (SSSR count). The fraction of sp³-hybridized carbons (Fsp3) is 0.0714. The Kier molecular flexibility index (Phi) is 3.71. The van der Waals surface area contributed by atoms with Crippen molar-refractivity contribution in [2.75, 3.05) is 0 Å². The van der Waals surface area contributed by atoms with Crippen LogP contribution in [-0.4, -0.2) is 10.8 Å². The van der Waals surface area contributed by atoms with Gasteiger partial charge in [-0.3, -0.25) is 4.79 Å². The summed E-state index contributed by atoms with van der Waals surface area (Å²) in [7, 11) is 0. The first-order valence-corrected chi connectivity index (χ1v) is 5.70. The summed E-state index contributed by atoms with van der Waals surface area (Å²) < 4.78 is 0. The molecule has 0 spiro atoms. The second-order valence-corrected chi connectivity index (χ2v) is 4.21. The molecule has 18 heavy (non-hydrogen) atoms. The molecule has 1 heterocycles. The minimum Gasteiger partial charge on any atom is -0.294 e. The number of carbonyl (C=O) groups excluding carboxylic acids is 1. The number of nitriles is 1. The van der Waals surface area contributed by atoms with Gasteiger partial charge in [0, 0.05) is 23.2 Å². The lowest BCUT2D eigenvalue weighted by Gasteiger charge is -2.01. The molecule has 0 N–H and O–H groups in total. The van der Waals surface area contributed by atoms with E-state index in [1.807, 2.05) is 18.2 Å². The summed E-state index contributed by atoms with van der Waals surface area (Å²) in [5.74, 6) is -0.0330. The molecule has 3 nitrogen and oxygen atoms in total. The van der Waals surface area contributed by atoms with E-state index >= 15 is 0 Å². The van der Waals surface area contributed by atoms with Crippen LogP contribution in [0, 0.1) is 11.3 Å². The molecule has 0 unspecified atom stereocenters. The van der Waals surface area contributed by atoms with Gasteiger partial charge in [-0.2, -0.15) is 5.26 Å². The number of hydrogen-bond acceptors (Lipinski definition) is 3. The smallest absolute Gasteiger partial charge is 0.168 e. The Bertz CT molecular complexity index is 597. The molecule has 0 radical (unpaired) electrons. The molecule has 0 aliphatic heterocycles. The van der Waals surface area contributed by atoms with Crippen molar-refractivity contribution in [3.63, 3.8) is 0 Å². The van der Waals surface area contributed by atoms with Gasteiger partial charge in [-0.25, -0.2) is 4.98 Å². The SMILES string of the molecule is N#Cc1ccc(C(=O)Cc2ccc(Cl)cc2)cn1. The maximum atomic E-state index is 11.9. The monoisotopic (exact) mass is 256 g/mol. The Morgan fingerprint density at radius 2 is 1.94 bits per heavy atom. The molecular formula is C14H9ClN2O. The van der Waals surface area contributed by atoms with E-state index in [4.69, 9.17) is 16.9 Å². The number of aromatic nitrogens is 1. The van der Waals surface area contributed by atoms with Gasteiger partial charge in [0.2, 0.25) is 0 Å². The lowest BCUT2D eigenvalue weighted by Crippen LogP contribution is -2.04. The number of halogens is 1. The molecule has 0 saturated carbocycles. The lowest BCUT2D eigenvalue weighted by atomic mass is 10.0. The normalized spacial score (nSPS) is 9.78. The third-order valence-electron chi connectivity index (χ3n) is 2.48. The van der Waals surface area contributed by atoms with Crippen LogP contribution in [0.2, 0.25) is 5.02 Å². The van der Waals surface area contributed by atoms with E-state index in [1.165, 1.54) is 12.3 Å². The molecule has 0 saturated heterocycles. The van der Waals surface area contributed by atoms with Crippen molar-refractivity contribution in [3.05, 3.63) is 64.4 Å². The van der Waals surface area contributed by atoms with Crippen LogP contribution >= 0.6 is 11.6 Å². The van der Waals surface area contributed by atoms with E-state index in [2.05, 4.69) is 4.98 Å². The Morgan fingerprint density at radius 3 is 2.50 bits per heavy atom. The molecule has 0 amide bonds. The van der Waals surface area contributed by atoms with Crippen molar-refractivity contribution in [2.24, 2.45) is 0 Å². The Hall–Kier alpha value is -2.18. The molecule has 4 heteroatoms. The van der Waals surface area contributed by atoms with Gasteiger partial charge in [-0.05, 0) is 29.8 Å². The largest absolute Gasteiger partial charge is 0.294 e. The van der Waals surface area contributed by atoms with Gasteiger partial charge >= 0.3 is 0 Å². The van der Waals surface area contributed by atoms with E-state index in [9.17, 15) is 4.79 Å². The maximum absolute atomic E-state index is 11.9. The highest BCUT2D eigenvalue weighted by molar-refractivity contribution is 6.30. The summed E-state index contributed by atoms with van der Waals surface area (Å²) in [6, 6.07) is 12.2. The van der Waals surface area contributed by atoms with Crippen LogP contribution in [0.5, 0.6) is 0 Å². The molecular weight excluding hydrogens is 248 g/mol. The highest BCUT2D eigenvalue weighted by atomic mass is 35.5. The van der Waals surface area contributed by atoms with Crippen LogP contribution in [0.15, 0.2) is 42.6 Å². The van der Waals surface area contributed by atoms with E-state index in [1.54, 1.807) is 18.2 Å². The molecule has 1 aromatic carbocycles. The van der Waals surface area contributed by atoms with Gasteiger partial charge in [0.25, 0.3) is 0 Å². The first-order chi connectivity index (χ1) is 8.69. The Labute approximate surface area is 110 Å². The fourth-order valence-electron chi connectivity index (χ4n) is 1.51. The number of benzene rings is 1. The number of ketones is 1. The van der Waals surface area contributed by atoms with Gasteiger partial charge in [0.1, 0.15) is 11.8 Å². The summed E-state index contributed by atoms with van der Waals surface area (Å²) in [4.78, 5) is 15.8. The minimum atomic E-state index is -0.0330. The topological polar surface area (TPSA) is 53.8 Å². The molecule has 1 aromatic heterocycles. The summed E-state index contributed by atoms with van der Waals surface area (Å²) in [5, 5.41) is 9.26. The van der Waals surface area contributed by atoms with Gasteiger partial charge in [-0.1, -0.05) is 23.7 Å². The van der Waals surface area contributed by atoms with Crippen LogP contribution < -0.4 is 0 Å². The van der Waals surface area contributed by atoms with Gasteiger partial charge in [0.15, 0.2) is 5.78 Å². The molecule has 0 bridgehead atoms. The zero-order valence-corrected chi connectivity index (χ0v) is 10.2. The molecule has 0 fully saturated rings. The predicted molar refractivity (Wildman–Crippen MR) is 68.4 cm³/mol. The number of hydrogen-bond donors (Lipinski definition) is 0. The Morgan fingerprint density at radius 1 is 1.22 bits per heavy atom. The summed E-state index contributed by atoms with van der Waals surface area (Å²) >= 11 is 5.77. The average Bonchev–Trinajstić information content (AvgIpc) is 2.41. The standard InChI is InChI=1S/C14H9ClN2O/c15-12-4-1-10(2-5-12)7-14(18)11-3-6-13(8-16)17-9-11/h1-6,9H,7H2.